The third-order valence-corrected chi connectivity index (χ3v) is 4.68. The van der Waals surface area contributed by atoms with Crippen molar-refractivity contribution in [2.24, 2.45) is 0 Å². The summed E-state index contributed by atoms with van der Waals surface area (Å²) in [5.74, 6) is -0.677. The minimum atomic E-state index is -0.645. The van der Waals surface area contributed by atoms with E-state index in [0.717, 1.165) is 16.4 Å². The lowest BCUT2D eigenvalue weighted by Crippen LogP contribution is -2.21. The van der Waals surface area contributed by atoms with Gasteiger partial charge in [0.2, 0.25) is 0 Å². The first-order chi connectivity index (χ1) is 14.0. The molecule has 0 spiro atoms. The first-order valence-electron chi connectivity index (χ1n) is 8.62. The van der Waals surface area contributed by atoms with Crippen molar-refractivity contribution in [3.63, 3.8) is 0 Å². The van der Waals surface area contributed by atoms with Crippen molar-refractivity contribution >= 4 is 55.4 Å². The number of anilines is 1. The molecule has 0 unspecified atom stereocenters. The van der Waals surface area contributed by atoms with Gasteiger partial charge in [0.1, 0.15) is 16.9 Å². The molecule has 146 valence electrons. The number of pyridine rings is 1. The Morgan fingerprint density at radius 3 is 2.72 bits per heavy atom. The molecule has 0 saturated carbocycles. The first kappa shape index (κ1) is 18.9. The molecular weight excluding hydrogens is 440 g/mol. The Bertz CT molecular complexity index is 1230. The molecule has 29 heavy (non-hydrogen) atoms. The predicted molar refractivity (Wildman–Crippen MR) is 111 cm³/mol. The summed E-state index contributed by atoms with van der Waals surface area (Å²) in [5.41, 5.74) is 2.02. The van der Waals surface area contributed by atoms with Crippen LogP contribution in [-0.2, 0) is 9.53 Å². The van der Waals surface area contributed by atoms with Crippen LogP contribution in [0.15, 0.2) is 63.7 Å². The van der Waals surface area contributed by atoms with Crippen LogP contribution in [0.5, 0.6) is 5.75 Å². The average molecular weight is 455 g/mol. The molecule has 8 heteroatoms. The number of nitrogens with zero attached hydrogens (tertiary/aromatic N) is 1. The molecule has 0 aliphatic rings. The summed E-state index contributed by atoms with van der Waals surface area (Å²) in [4.78, 5) is 28.2. The van der Waals surface area contributed by atoms with Crippen LogP contribution in [-0.4, -0.2) is 30.6 Å². The number of esters is 1. The highest BCUT2D eigenvalue weighted by Crippen LogP contribution is 2.36. The van der Waals surface area contributed by atoms with Gasteiger partial charge >= 0.3 is 5.97 Å². The van der Waals surface area contributed by atoms with Gasteiger partial charge in [-0.3, -0.25) is 9.78 Å². The van der Waals surface area contributed by atoms with Gasteiger partial charge in [0.25, 0.3) is 5.91 Å². The first-order valence-corrected chi connectivity index (χ1v) is 9.41. The van der Waals surface area contributed by atoms with Crippen molar-refractivity contribution in [2.45, 2.75) is 0 Å². The van der Waals surface area contributed by atoms with Gasteiger partial charge in [0.15, 0.2) is 6.61 Å². The largest absolute Gasteiger partial charge is 0.495 e. The topological polar surface area (TPSA) is 90.7 Å². The zero-order valence-corrected chi connectivity index (χ0v) is 16.9. The second kappa shape index (κ2) is 7.92. The number of rotatable bonds is 5. The number of fused-ring (bicyclic) bond motifs is 3. The van der Waals surface area contributed by atoms with Gasteiger partial charge in [-0.05, 0) is 34.1 Å². The number of amides is 1. The minimum Gasteiger partial charge on any atom is -0.495 e. The fourth-order valence-electron chi connectivity index (χ4n) is 2.94. The summed E-state index contributed by atoms with van der Waals surface area (Å²) < 4.78 is 16.9. The fourth-order valence-corrected chi connectivity index (χ4v) is 3.31. The molecule has 0 atom stereocenters. The van der Waals surface area contributed by atoms with E-state index in [-0.39, 0.29) is 5.56 Å². The van der Waals surface area contributed by atoms with E-state index in [1.807, 2.05) is 24.3 Å². The van der Waals surface area contributed by atoms with Crippen LogP contribution >= 0.6 is 15.9 Å². The summed E-state index contributed by atoms with van der Waals surface area (Å²) >= 11 is 3.23. The summed E-state index contributed by atoms with van der Waals surface area (Å²) in [7, 11) is 1.51. The maximum Gasteiger partial charge on any atom is 0.340 e. The van der Waals surface area contributed by atoms with E-state index >= 15 is 0 Å². The Labute approximate surface area is 173 Å². The second-order valence-electron chi connectivity index (χ2n) is 6.16. The Morgan fingerprint density at radius 2 is 1.93 bits per heavy atom. The zero-order valence-electron chi connectivity index (χ0n) is 15.3. The van der Waals surface area contributed by atoms with Crippen LogP contribution in [0.1, 0.15) is 10.4 Å². The van der Waals surface area contributed by atoms with Gasteiger partial charge < -0.3 is 19.2 Å². The molecule has 0 aliphatic carbocycles. The van der Waals surface area contributed by atoms with Crippen molar-refractivity contribution in [2.75, 3.05) is 19.0 Å². The quantitative estimate of drug-likeness (QED) is 0.444. The van der Waals surface area contributed by atoms with Gasteiger partial charge in [-0.25, -0.2) is 4.79 Å². The molecule has 0 radical (unpaired) electrons. The molecule has 2 aromatic carbocycles. The van der Waals surface area contributed by atoms with Crippen molar-refractivity contribution in [3.05, 3.63) is 64.9 Å². The number of hydrogen-bond acceptors (Lipinski definition) is 6. The maximum absolute atomic E-state index is 12.3. The van der Waals surface area contributed by atoms with Crippen LogP contribution in [0, 0.1) is 0 Å². The zero-order chi connectivity index (χ0) is 20.4. The number of methoxy groups -OCH3 is 1. The third kappa shape index (κ3) is 3.93. The lowest BCUT2D eigenvalue weighted by molar-refractivity contribution is -0.119. The SMILES string of the molecule is COc1cc2c(cc1NC(=O)COC(=O)c1cncc(Br)c1)oc1ccccc12. The van der Waals surface area contributed by atoms with Gasteiger partial charge in [-0.2, -0.15) is 0 Å². The molecular formula is C21H15BrN2O5. The monoisotopic (exact) mass is 454 g/mol. The molecule has 0 fully saturated rings. The van der Waals surface area contributed by atoms with Crippen LogP contribution in [0.2, 0.25) is 0 Å². The molecule has 1 N–H and O–H groups in total. The summed E-state index contributed by atoms with van der Waals surface area (Å²) in [6, 6.07) is 12.7. The smallest absolute Gasteiger partial charge is 0.340 e. The number of carbonyl (C=O) groups is 2. The van der Waals surface area contributed by atoms with Crippen LogP contribution in [0.4, 0.5) is 5.69 Å². The molecule has 2 aromatic heterocycles. The van der Waals surface area contributed by atoms with E-state index in [4.69, 9.17) is 13.9 Å². The average Bonchev–Trinajstić information content (AvgIpc) is 3.08. The van der Waals surface area contributed by atoms with Crippen LogP contribution in [0.3, 0.4) is 0 Å². The van der Waals surface area contributed by atoms with Crippen molar-refractivity contribution in [1.29, 1.82) is 0 Å². The molecule has 4 rings (SSSR count). The number of aromatic nitrogens is 1. The lowest BCUT2D eigenvalue weighted by Gasteiger charge is -2.10. The van der Waals surface area contributed by atoms with Gasteiger partial charge in [-0.1, -0.05) is 18.2 Å². The van der Waals surface area contributed by atoms with Gasteiger partial charge in [0, 0.05) is 33.7 Å². The number of hydrogen-bond donors (Lipinski definition) is 1. The lowest BCUT2D eigenvalue weighted by atomic mass is 10.1. The van der Waals surface area contributed by atoms with Crippen molar-refractivity contribution in [3.8, 4) is 5.75 Å². The third-order valence-electron chi connectivity index (χ3n) is 4.25. The predicted octanol–water partition coefficient (Wildman–Crippen LogP) is 4.55. The summed E-state index contributed by atoms with van der Waals surface area (Å²) in [5, 5.41) is 4.52. The summed E-state index contributed by atoms with van der Waals surface area (Å²) in [6.07, 6.45) is 2.91. The molecule has 4 aromatic rings. The maximum atomic E-state index is 12.3. The van der Waals surface area contributed by atoms with E-state index in [2.05, 4.69) is 26.2 Å². The van der Waals surface area contributed by atoms with E-state index in [9.17, 15) is 9.59 Å². The number of carbonyl (C=O) groups excluding carboxylic acids is 2. The van der Waals surface area contributed by atoms with E-state index < -0.39 is 18.5 Å². The molecule has 0 saturated heterocycles. The fraction of sp³-hybridized carbons (Fsp3) is 0.0952. The number of halogens is 1. The number of ether oxygens (including phenoxy) is 2. The second-order valence-corrected chi connectivity index (χ2v) is 7.08. The Kier molecular flexibility index (Phi) is 5.18. The molecule has 0 aliphatic heterocycles. The number of nitrogens with one attached hydrogen (secondary N) is 1. The number of para-hydroxylation sites is 1. The molecule has 0 bridgehead atoms. The minimum absolute atomic E-state index is 0.244. The Balaban J connectivity index is 1.51. The van der Waals surface area contributed by atoms with E-state index in [0.29, 0.717) is 21.5 Å². The molecule has 2 heterocycles. The van der Waals surface area contributed by atoms with Gasteiger partial charge in [-0.15, -0.1) is 0 Å². The van der Waals surface area contributed by atoms with Crippen molar-refractivity contribution < 1.29 is 23.5 Å². The Hall–Kier alpha value is -3.39. The van der Waals surface area contributed by atoms with Gasteiger partial charge in [0.05, 0.1) is 18.4 Å². The normalized spacial score (nSPS) is 10.8. The molecule has 1 amide bonds. The highest BCUT2D eigenvalue weighted by atomic mass is 79.9. The molecule has 7 nitrogen and oxygen atoms in total. The van der Waals surface area contributed by atoms with Crippen LogP contribution in [0.25, 0.3) is 21.9 Å². The number of furan rings is 1. The highest BCUT2D eigenvalue weighted by Gasteiger charge is 2.16. The van der Waals surface area contributed by atoms with Crippen LogP contribution < -0.4 is 10.1 Å². The number of benzene rings is 2. The van der Waals surface area contributed by atoms with Crippen molar-refractivity contribution in [1.82, 2.24) is 4.98 Å². The highest BCUT2D eigenvalue weighted by molar-refractivity contribution is 9.10. The van der Waals surface area contributed by atoms with E-state index in [1.54, 1.807) is 24.4 Å². The Morgan fingerprint density at radius 1 is 1.10 bits per heavy atom. The summed E-state index contributed by atoms with van der Waals surface area (Å²) in [6.45, 7) is -0.452. The van der Waals surface area contributed by atoms with E-state index in [1.165, 1.54) is 13.3 Å². The standard InChI is InChI=1S/C21H15BrN2O5/c1-27-19-7-15-14-4-2-3-5-17(14)29-18(15)8-16(19)24-20(25)11-28-21(26)12-6-13(22)10-23-9-12/h2-10H,11H2,1H3,(H,24,25).